The highest BCUT2D eigenvalue weighted by atomic mass is 16.2. The average Bonchev–Trinajstić information content (AvgIpc) is 2.78. The molecule has 0 aromatic heterocycles. The highest BCUT2D eigenvalue weighted by Gasteiger charge is 2.51. The fraction of sp³-hybridized carbons (Fsp3) is 0.667. The lowest BCUT2D eigenvalue weighted by atomic mass is 10.1. The second-order valence-corrected chi connectivity index (χ2v) is 5.09. The molecule has 3 rings (SSSR count). The van der Waals surface area contributed by atoms with Gasteiger partial charge in [-0.25, -0.2) is 0 Å². The van der Waals surface area contributed by atoms with Gasteiger partial charge in [0.15, 0.2) is 0 Å². The van der Waals surface area contributed by atoms with E-state index in [1.807, 2.05) is 13.8 Å². The van der Waals surface area contributed by atoms with Crippen molar-refractivity contribution in [1.29, 1.82) is 0 Å². The summed E-state index contributed by atoms with van der Waals surface area (Å²) in [6, 6.07) is -1.10. The van der Waals surface area contributed by atoms with Crippen LogP contribution < -0.4 is 0 Å². The Hall–Kier alpha value is -1.72. The highest BCUT2D eigenvalue weighted by Crippen LogP contribution is 2.30. The molecule has 0 bridgehead atoms. The maximum absolute atomic E-state index is 12.1. The number of nitrogens with zero attached hydrogens (tertiary/aromatic N) is 4. The number of carbonyl (C=O) groups is 2. The Labute approximate surface area is 105 Å². The van der Waals surface area contributed by atoms with Gasteiger partial charge in [0.05, 0.1) is 12.1 Å². The van der Waals surface area contributed by atoms with Crippen molar-refractivity contribution in [3.8, 4) is 0 Å². The number of carbonyl (C=O) groups excluding carboxylic acids is 2. The fourth-order valence-corrected chi connectivity index (χ4v) is 2.89. The zero-order valence-electron chi connectivity index (χ0n) is 10.9. The fourth-order valence-electron chi connectivity index (χ4n) is 2.89. The summed E-state index contributed by atoms with van der Waals surface area (Å²) in [6.07, 6.45) is 0. The molecule has 6 nitrogen and oxygen atoms in total. The van der Waals surface area contributed by atoms with Gasteiger partial charge in [0.1, 0.15) is 23.8 Å². The number of hydrogen-bond acceptors (Lipinski definition) is 4. The van der Waals surface area contributed by atoms with Gasteiger partial charge in [-0.1, -0.05) is 0 Å². The van der Waals surface area contributed by atoms with Gasteiger partial charge in [-0.15, -0.1) is 0 Å². The van der Waals surface area contributed by atoms with Gasteiger partial charge < -0.3 is 0 Å². The highest BCUT2D eigenvalue weighted by molar-refractivity contribution is 6.20. The lowest BCUT2D eigenvalue weighted by Crippen LogP contribution is -2.63. The summed E-state index contributed by atoms with van der Waals surface area (Å²) in [7, 11) is 0. The first kappa shape index (κ1) is 11.4. The molecule has 4 unspecified atom stereocenters. The minimum Gasteiger partial charge on any atom is -0.286 e. The minimum atomic E-state index is -0.349. The summed E-state index contributed by atoms with van der Waals surface area (Å²) >= 11 is 0. The van der Waals surface area contributed by atoms with Crippen LogP contribution in [0.25, 0.3) is 0 Å². The van der Waals surface area contributed by atoms with Gasteiger partial charge >= 0.3 is 0 Å². The van der Waals surface area contributed by atoms with E-state index in [-0.39, 0.29) is 36.0 Å². The molecule has 0 N–H and O–H groups in total. The number of rotatable bonds is 0. The van der Waals surface area contributed by atoms with E-state index in [1.54, 1.807) is 23.6 Å². The molecule has 0 aliphatic carbocycles. The molecule has 0 saturated carbocycles. The summed E-state index contributed by atoms with van der Waals surface area (Å²) in [4.78, 5) is 36.4. The summed E-state index contributed by atoms with van der Waals surface area (Å²) in [5.74, 6) is 1.39. The number of fused-ring (bicyclic) bond motifs is 2. The van der Waals surface area contributed by atoms with Crippen molar-refractivity contribution in [2.24, 2.45) is 9.98 Å². The lowest BCUT2D eigenvalue weighted by molar-refractivity contribution is -0.131. The van der Waals surface area contributed by atoms with Crippen molar-refractivity contribution in [2.45, 2.75) is 51.9 Å². The van der Waals surface area contributed by atoms with Crippen LogP contribution in [0, 0.1) is 0 Å². The van der Waals surface area contributed by atoms with E-state index in [0.717, 1.165) is 0 Å². The van der Waals surface area contributed by atoms with Crippen LogP contribution in [0.5, 0.6) is 0 Å². The quantitative estimate of drug-likeness (QED) is 0.607. The van der Waals surface area contributed by atoms with Crippen LogP contribution in [0.1, 0.15) is 27.7 Å². The lowest BCUT2D eigenvalue weighted by Gasteiger charge is -2.40. The largest absolute Gasteiger partial charge is 0.286 e. The molecule has 3 aliphatic heterocycles. The first-order valence-electron chi connectivity index (χ1n) is 6.25. The Morgan fingerprint density at radius 3 is 1.44 bits per heavy atom. The van der Waals surface area contributed by atoms with E-state index in [9.17, 15) is 9.59 Å². The number of hydrogen-bond donors (Lipinski definition) is 0. The summed E-state index contributed by atoms with van der Waals surface area (Å²) < 4.78 is 0. The van der Waals surface area contributed by atoms with Crippen LogP contribution in [0.15, 0.2) is 9.98 Å². The molecule has 1 saturated heterocycles. The standard InChI is InChI=1S/C12H16N4O2/c1-5-11(17)15-8(4)10-14-6(2)12(18)16(10)7(3)9(15)13-5/h5-8H,1-4H3. The van der Waals surface area contributed by atoms with Crippen molar-refractivity contribution >= 4 is 23.5 Å². The zero-order valence-corrected chi connectivity index (χ0v) is 10.9. The van der Waals surface area contributed by atoms with Gasteiger partial charge in [0.25, 0.3) is 11.8 Å². The number of amidine groups is 2. The molecule has 3 heterocycles. The van der Waals surface area contributed by atoms with Gasteiger partial charge in [-0.2, -0.15) is 0 Å². The number of amides is 2. The molecule has 0 radical (unpaired) electrons. The third kappa shape index (κ3) is 1.18. The van der Waals surface area contributed by atoms with Crippen molar-refractivity contribution in [3.63, 3.8) is 0 Å². The molecule has 0 aromatic carbocycles. The molecule has 6 heteroatoms. The molecule has 2 amide bonds. The number of piperazine rings is 1. The molecule has 18 heavy (non-hydrogen) atoms. The van der Waals surface area contributed by atoms with Gasteiger partial charge in [0, 0.05) is 0 Å². The monoisotopic (exact) mass is 248 g/mol. The van der Waals surface area contributed by atoms with Gasteiger partial charge in [0.2, 0.25) is 0 Å². The van der Waals surface area contributed by atoms with Crippen LogP contribution in [-0.2, 0) is 9.59 Å². The van der Waals surface area contributed by atoms with Crippen LogP contribution in [0.4, 0.5) is 0 Å². The SMILES string of the molecule is CC1N=C2C(C)N3C(=O)C(C)N=C3C(C)N2C1=O. The van der Waals surface area contributed by atoms with Crippen molar-refractivity contribution in [1.82, 2.24) is 9.80 Å². The summed E-state index contributed by atoms with van der Waals surface area (Å²) in [5, 5.41) is 0. The second-order valence-electron chi connectivity index (χ2n) is 5.09. The number of aliphatic imine (C=N–C) groups is 2. The zero-order chi connectivity index (χ0) is 13.2. The topological polar surface area (TPSA) is 65.3 Å². The van der Waals surface area contributed by atoms with Crippen LogP contribution >= 0.6 is 0 Å². The molecular weight excluding hydrogens is 232 g/mol. The van der Waals surface area contributed by atoms with Crippen molar-refractivity contribution < 1.29 is 9.59 Å². The smallest absolute Gasteiger partial charge is 0.253 e. The predicted molar refractivity (Wildman–Crippen MR) is 66.4 cm³/mol. The summed E-state index contributed by atoms with van der Waals surface area (Å²) in [5.41, 5.74) is 0. The Balaban J connectivity index is 2.09. The van der Waals surface area contributed by atoms with E-state index in [4.69, 9.17) is 0 Å². The van der Waals surface area contributed by atoms with E-state index in [1.165, 1.54) is 0 Å². The summed E-state index contributed by atoms with van der Waals surface area (Å²) in [6.45, 7) is 7.36. The molecule has 4 atom stereocenters. The molecule has 3 aliphatic rings. The Kier molecular flexibility index (Phi) is 2.15. The molecule has 0 spiro atoms. The van der Waals surface area contributed by atoms with Crippen molar-refractivity contribution in [3.05, 3.63) is 0 Å². The van der Waals surface area contributed by atoms with Crippen LogP contribution in [0.3, 0.4) is 0 Å². The van der Waals surface area contributed by atoms with Crippen LogP contribution in [-0.4, -0.2) is 57.5 Å². The molecule has 96 valence electrons. The van der Waals surface area contributed by atoms with Crippen molar-refractivity contribution in [2.75, 3.05) is 0 Å². The average molecular weight is 248 g/mol. The molecule has 0 aromatic rings. The predicted octanol–water partition coefficient (Wildman–Crippen LogP) is 0.0354. The molecular formula is C12H16N4O2. The van der Waals surface area contributed by atoms with Gasteiger partial charge in [-0.05, 0) is 27.7 Å². The molecule has 1 fully saturated rings. The van der Waals surface area contributed by atoms with E-state index in [2.05, 4.69) is 9.98 Å². The minimum absolute atomic E-state index is 0.00120. The second kappa shape index (κ2) is 3.40. The first-order valence-corrected chi connectivity index (χ1v) is 6.25. The third-order valence-electron chi connectivity index (χ3n) is 3.86. The Morgan fingerprint density at radius 1 is 0.778 bits per heavy atom. The third-order valence-corrected chi connectivity index (χ3v) is 3.86. The maximum Gasteiger partial charge on any atom is 0.253 e. The normalized spacial score (nSPS) is 38.7. The Bertz CT molecular complexity index is 464. The van der Waals surface area contributed by atoms with Gasteiger partial charge in [-0.3, -0.25) is 29.4 Å². The van der Waals surface area contributed by atoms with E-state index >= 15 is 0 Å². The Morgan fingerprint density at radius 2 is 1.11 bits per heavy atom. The maximum atomic E-state index is 12.1. The van der Waals surface area contributed by atoms with E-state index < -0.39 is 0 Å². The van der Waals surface area contributed by atoms with E-state index in [0.29, 0.717) is 11.7 Å². The van der Waals surface area contributed by atoms with Crippen LogP contribution in [0.2, 0.25) is 0 Å². The first-order chi connectivity index (χ1) is 8.43.